The van der Waals surface area contributed by atoms with Crippen molar-refractivity contribution in [1.82, 2.24) is 9.55 Å². The third-order valence-electron chi connectivity index (χ3n) is 3.31. The molecule has 0 aromatic carbocycles. The van der Waals surface area contributed by atoms with Crippen LogP contribution in [0.25, 0.3) is 0 Å². The smallest absolute Gasteiger partial charge is 0.340 e. The van der Waals surface area contributed by atoms with E-state index in [4.69, 9.17) is 4.74 Å². The second-order valence-electron chi connectivity index (χ2n) is 5.19. The number of ether oxygens (including phenoxy) is 1. The van der Waals surface area contributed by atoms with Gasteiger partial charge in [-0.05, 0) is 39.8 Å². The minimum absolute atomic E-state index is 0.248. The number of carbonyl (C=O) groups excluding carboxylic acids is 1. The van der Waals surface area contributed by atoms with Crippen molar-refractivity contribution in [2.45, 2.75) is 40.3 Å². The second kappa shape index (κ2) is 5.90. The lowest BCUT2D eigenvalue weighted by atomic mass is 10.2. The Morgan fingerprint density at radius 3 is 2.70 bits per heavy atom. The van der Waals surface area contributed by atoms with Gasteiger partial charge in [-0.3, -0.25) is 4.98 Å². The lowest BCUT2D eigenvalue weighted by molar-refractivity contribution is 0.0471. The molecule has 0 aliphatic heterocycles. The number of hydrogen-bond donors (Lipinski definition) is 0. The Hall–Kier alpha value is -2.10. The molecule has 106 valence electrons. The summed E-state index contributed by atoms with van der Waals surface area (Å²) in [5.41, 5.74) is 3.55. The molecule has 0 aliphatic rings. The van der Waals surface area contributed by atoms with Gasteiger partial charge in [-0.1, -0.05) is 6.07 Å². The highest BCUT2D eigenvalue weighted by atomic mass is 16.5. The van der Waals surface area contributed by atoms with Crippen molar-refractivity contribution in [1.29, 1.82) is 0 Å². The molecule has 0 fully saturated rings. The topological polar surface area (TPSA) is 44.1 Å². The summed E-state index contributed by atoms with van der Waals surface area (Å²) < 4.78 is 7.49. The number of pyridine rings is 1. The van der Waals surface area contributed by atoms with Crippen molar-refractivity contribution < 1.29 is 9.53 Å². The first-order chi connectivity index (χ1) is 9.50. The fourth-order valence-electron chi connectivity index (χ4n) is 2.49. The molecule has 0 radical (unpaired) electrons. The summed E-state index contributed by atoms with van der Waals surface area (Å²) in [5.74, 6) is -0.283. The Morgan fingerprint density at radius 1 is 1.40 bits per heavy atom. The molecule has 0 spiro atoms. The lowest BCUT2D eigenvalue weighted by Gasteiger charge is -2.13. The fourth-order valence-corrected chi connectivity index (χ4v) is 2.49. The van der Waals surface area contributed by atoms with Crippen LogP contribution in [-0.2, 0) is 11.3 Å². The molecule has 0 atom stereocenters. The zero-order valence-electron chi connectivity index (χ0n) is 12.4. The minimum Gasteiger partial charge on any atom is -0.457 e. The molecule has 0 bridgehead atoms. The van der Waals surface area contributed by atoms with E-state index < -0.39 is 0 Å². The van der Waals surface area contributed by atoms with Crippen LogP contribution in [-0.4, -0.2) is 15.5 Å². The van der Waals surface area contributed by atoms with Crippen LogP contribution in [0.5, 0.6) is 0 Å². The molecule has 0 saturated heterocycles. The van der Waals surface area contributed by atoms with Crippen LogP contribution in [0.1, 0.15) is 47.2 Å². The number of aryl methyl sites for hydroxylation is 1. The van der Waals surface area contributed by atoms with Gasteiger partial charge in [0.05, 0.1) is 5.56 Å². The number of esters is 1. The van der Waals surface area contributed by atoms with E-state index in [1.54, 1.807) is 12.4 Å². The van der Waals surface area contributed by atoms with Gasteiger partial charge in [-0.15, -0.1) is 0 Å². The molecular weight excluding hydrogens is 252 g/mol. The summed E-state index contributed by atoms with van der Waals surface area (Å²) in [7, 11) is 0. The molecule has 0 amide bonds. The number of rotatable bonds is 4. The Labute approximate surface area is 119 Å². The van der Waals surface area contributed by atoms with Gasteiger partial charge in [0.1, 0.15) is 6.61 Å². The zero-order chi connectivity index (χ0) is 14.7. The lowest BCUT2D eigenvalue weighted by Crippen LogP contribution is -2.09. The molecule has 4 nitrogen and oxygen atoms in total. The van der Waals surface area contributed by atoms with Crippen molar-refractivity contribution in [2.24, 2.45) is 0 Å². The largest absolute Gasteiger partial charge is 0.457 e. The van der Waals surface area contributed by atoms with Gasteiger partial charge >= 0.3 is 5.97 Å². The van der Waals surface area contributed by atoms with Crippen LogP contribution in [0.3, 0.4) is 0 Å². The van der Waals surface area contributed by atoms with Gasteiger partial charge in [0.25, 0.3) is 0 Å². The normalized spacial score (nSPS) is 10.8. The number of nitrogens with zero attached hydrogens (tertiary/aromatic N) is 2. The average Bonchev–Trinajstić information content (AvgIpc) is 2.72. The quantitative estimate of drug-likeness (QED) is 0.801. The van der Waals surface area contributed by atoms with Crippen molar-refractivity contribution in [3.63, 3.8) is 0 Å². The molecule has 2 heterocycles. The standard InChI is InChI=1S/C16H20N2O2/c1-11(2)18-12(3)8-15(13(18)4)16(19)20-10-14-6-5-7-17-9-14/h5-9,11H,10H2,1-4H3. The number of hydrogen-bond acceptors (Lipinski definition) is 3. The van der Waals surface area contributed by atoms with Gasteiger partial charge in [0, 0.05) is 35.4 Å². The summed E-state index contributed by atoms with van der Waals surface area (Å²) in [5, 5.41) is 0. The van der Waals surface area contributed by atoms with E-state index in [1.807, 2.05) is 32.0 Å². The fraction of sp³-hybridized carbons (Fsp3) is 0.375. The zero-order valence-corrected chi connectivity index (χ0v) is 12.4. The van der Waals surface area contributed by atoms with Gasteiger partial charge in [-0.2, -0.15) is 0 Å². The Balaban J connectivity index is 2.12. The predicted molar refractivity (Wildman–Crippen MR) is 77.6 cm³/mol. The highest BCUT2D eigenvalue weighted by Gasteiger charge is 2.18. The number of carbonyl (C=O) groups is 1. The molecular formula is C16H20N2O2. The van der Waals surface area contributed by atoms with Crippen LogP contribution < -0.4 is 0 Å². The third kappa shape index (κ3) is 2.90. The van der Waals surface area contributed by atoms with E-state index in [0.717, 1.165) is 17.0 Å². The summed E-state index contributed by atoms with van der Waals surface area (Å²) >= 11 is 0. The predicted octanol–water partition coefficient (Wildman–Crippen LogP) is 3.44. The van der Waals surface area contributed by atoms with Crippen molar-refractivity contribution in [3.8, 4) is 0 Å². The van der Waals surface area contributed by atoms with Crippen molar-refractivity contribution in [2.75, 3.05) is 0 Å². The number of aromatic nitrogens is 2. The van der Waals surface area contributed by atoms with Gasteiger partial charge in [0.2, 0.25) is 0 Å². The Bertz CT molecular complexity index is 600. The monoisotopic (exact) mass is 272 g/mol. The molecule has 2 aromatic heterocycles. The minimum atomic E-state index is -0.283. The summed E-state index contributed by atoms with van der Waals surface area (Å²) in [6.07, 6.45) is 3.40. The van der Waals surface area contributed by atoms with E-state index >= 15 is 0 Å². The maximum Gasteiger partial charge on any atom is 0.340 e. The highest BCUT2D eigenvalue weighted by molar-refractivity contribution is 5.91. The van der Waals surface area contributed by atoms with Gasteiger partial charge in [0.15, 0.2) is 0 Å². The molecule has 0 unspecified atom stereocenters. The third-order valence-corrected chi connectivity index (χ3v) is 3.31. The van der Waals surface area contributed by atoms with Gasteiger partial charge in [-0.25, -0.2) is 4.79 Å². The molecule has 20 heavy (non-hydrogen) atoms. The van der Waals surface area contributed by atoms with Crippen molar-refractivity contribution in [3.05, 3.63) is 53.1 Å². The molecule has 0 N–H and O–H groups in total. The maximum absolute atomic E-state index is 12.2. The molecule has 0 aliphatic carbocycles. The Morgan fingerprint density at radius 2 is 2.15 bits per heavy atom. The van der Waals surface area contributed by atoms with Crippen LogP contribution >= 0.6 is 0 Å². The van der Waals surface area contributed by atoms with E-state index in [2.05, 4.69) is 23.4 Å². The van der Waals surface area contributed by atoms with Crippen LogP contribution in [0.15, 0.2) is 30.6 Å². The maximum atomic E-state index is 12.2. The van der Waals surface area contributed by atoms with Crippen molar-refractivity contribution >= 4 is 5.97 Å². The summed E-state index contributed by atoms with van der Waals surface area (Å²) in [6, 6.07) is 5.93. The van der Waals surface area contributed by atoms with Crippen LogP contribution in [0, 0.1) is 13.8 Å². The second-order valence-corrected chi connectivity index (χ2v) is 5.19. The molecule has 2 aromatic rings. The highest BCUT2D eigenvalue weighted by Crippen LogP contribution is 2.21. The summed E-state index contributed by atoms with van der Waals surface area (Å²) in [6.45, 7) is 8.41. The van der Waals surface area contributed by atoms with E-state index in [0.29, 0.717) is 11.6 Å². The average molecular weight is 272 g/mol. The first kappa shape index (κ1) is 14.3. The summed E-state index contributed by atoms with van der Waals surface area (Å²) in [4.78, 5) is 16.2. The first-order valence-electron chi connectivity index (χ1n) is 6.75. The first-order valence-corrected chi connectivity index (χ1v) is 6.75. The van der Waals surface area contributed by atoms with Gasteiger partial charge < -0.3 is 9.30 Å². The van der Waals surface area contributed by atoms with E-state index in [1.165, 1.54) is 0 Å². The van der Waals surface area contributed by atoms with Crippen LogP contribution in [0.4, 0.5) is 0 Å². The SMILES string of the molecule is Cc1cc(C(=O)OCc2cccnc2)c(C)n1C(C)C. The van der Waals surface area contributed by atoms with Crippen LogP contribution in [0.2, 0.25) is 0 Å². The van der Waals surface area contributed by atoms with E-state index in [-0.39, 0.29) is 12.6 Å². The molecule has 4 heteroatoms. The molecule has 0 saturated carbocycles. The Kier molecular flexibility index (Phi) is 4.23. The van der Waals surface area contributed by atoms with E-state index in [9.17, 15) is 4.79 Å². The molecule has 2 rings (SSSR count).